The Morgan fingerprint density at radius 3 is 2.39 bits per heavy atom. The molecule has 0 bridgehead atoms. The van der Waals surface area contributed by atoms with Gasteiger partial charge in [-0.05, 0) is 39.9 Å². The Kier molecular flexibility index (Phi) is 11.0. The average Bonchev–Trinajstić information content (AvgIpc) is 2.32. The highest BCUT2D eigenvalue weighted by atomic mass is 16.5. The van der Waals surface area contributed by atoms with Gasteiger partial charge in [-0.15, -0.1) is 0 Å². The number of nitrogens with one attached hydrogen (secondary N) is 2. The van der Waals surface area contributed by atoms with Gasteiger partial charge in [0.1, 0.15) is 0 Å². The minimum atomic E-state index is -0.167. The van der Waals surface area contributed by atoms with Crippen LogP contribution in [0.1, 0.15) is 51.9 Å². The smallest absolute Gasteiger partial charge is 0.236 e. The van der Waals surface area contributed by atoms with Gasteiger partial charge in [-0.3, -0.25) is 4.79 Å². The van der Waals surface area contributed by atoms with Crippen LogP contribution in [-0.2, 0) is 4.79 Å². The van der Waals surface area contributed by atoms with Gasteiger partial charge in [0.05, 0.1) is 0 Å². The predicted molar refractivity (Wildman–Crippen MR) is 74.7 cm³/mol. The summed E-state index contributed by atoms with van der Waals surface area (Å²) in [7, 11) is 4.16. The molecule has 5 nitrogen and oxygen atoms in total. The van der Waals surface area contributed by atoms with Crippen LogP contribution in [0.5, 0.6) is 0 Å². The molecule has 0 heterocycles. The normalized spacial score (nSPS) is 12.7. The molecule has 18 heavy (non-hydrogen) atoms. The lowest BCUT2D eigenvalue weighted by atomic mass is 9.95. The Balaban J connectivity index is 3.66. The van der Waals surface area contributed by atoms with Crippen LogP contribution in [0.4, 0.5) is 0 Å². The SMILES string of the molecule is CCCC(CCCCCCN(C)C)C(=O)NN[O-]. The highest BCUT2D eigenvalue weighted by molar-refractivity contribution is 5.78. The molecule has 0 radical (unpaired) electrons. The van der Waals surface area contributed by atoms with E-state index in [0.29, 0.717) is 0 Å². The summed E-state index contributed by atoms with van der Waals surface area (Å²) in [5.74, 6) is -0.189. The Bertz CT molecular complexity index is 210. The van der Waals surface area contributed by atoms with Crippen LogP contribution in [0.25, 0.3) is 0 Å². The van der Waals surface area contributed by atoms with E-state index < -0.39 is 0 Å². The molecule has 0 saturated carbocycles. The summed E-state index contributed by atoms with van der Waals surface area (Å²) in [6.07, 6.45) is 7.33. The summed E-state index contributed by atoms with van der Waals surface area (Å²) >= 11 is 0. The quantitative estimate of drug-likeness (QED) is 0.439. The number of amides is 1. The molecule has 0 aromatic heterocycles. The fourth-order valence-electron chi connectivity index (χ4n) is 2.08. The molecular weight excluding hydrogens is 230 g/mol. The highest BCUT2D eigenvalue weighted by Gasteiger charge is 2.15. The largest absolute Gasteiger partial charge is 0.770 e. The molecule has 0 fully saturated rings. The van der Waals surface area contributed by atoms with Crippen LogP contribution in [0.3, 0.4) is 0 Å². The number of unbranched alkanes of at least 4 members (excludes halogenated alkanes) is 3. The summed E-state index contributed by atoms with van der Waals surface area (Å²) < 4.78 is 0. The third kappa shape index (κ3) is 9.39. The number of carbonyl (C=O) groups is 1. The van der Waals surface area contributed by atoms with Crippen LogP contribution < -0.4 is 11.0 Å². The highest BCUT2D eigenvalue weighted by Crippen LogP contribution is 2.16. The molecule has 0 saturated heterocycles. The van der Waals surface area contributed by atoms with E-state index in [1.807, 2.05) is 0 Å². The van der Waals surface area contributed by atoms with Crippen molar-refractivity contribution in [2.24, 2.45) is 5.92 Å². The van der Waals surface area contributed by atoms with E-state index in [-0.39, 0.29) is 11.8 Å². The van der Waals surface area contributed by atoms with Crippen LogP contribution in [0.2, 0.25) is 0 Å². The minimum Gasteiger partial charge on any atom is -0.770 e. The molecule has 5 heteroatoms. The maximum absolute atomic E-state index is 11.6. The lowest BCUT2D eigenvalue weighted by molar-refractivity contribution is -0.126. The standard InChI is InChI=1S/C13H28N3O2/c1-4-9-12(13(17)14-15-18)10-7-5-6-8-11-16(2)3/h12,15H,4-11H2,1-3H3,(H,14,17)/q-1. The van der Waals surface area contributed by atoms with E-state index in [9.17, 15) is 10.0 Å². The van der Waals surface area contributed by atoms with Gasteiger partial charge in [0.2, 0.25) is 5.91 Å². The maximum Gasteiger partial charge on any atom is 0.236 e. The van der Waals surface area contributed by atoms with Gasteiger partial charge >= 0.3 is 0 Å². The van der Waals surface area contributed by atoms with Gasteiger partial charge in [0.15, 0.2) is 0 Å². The fraction of sp³-hybridized carbons (Fsp3) is 0.923. The van der Waals surface area contributed by atoms with Crippen molar-refractivity contribution in [2.75, 3.05) is 20.6 Å². The monoisotopic (exact) mass is 258 g/mol. The summed E-state index contributed by atoms with van der Waals surface area (Å²) in [6, 6.07) is 0. The first-order valence-corrected chi connectivity index (χ1v) is 6.93. The summed E-state index contributed by atoms with van der Waals surface area (Å²) in [6.45, 7) is 3.18. The van der Waals surface area contributed by atoms with E-state index in [4.69, 9.17) is 0 Å². The topological polar surface area (TPSA) is 67.4 Å². The fourth-order valence-corrected chi connectivity index (χ4v) is 2.08. The van der Waals surface area contributed by atoms with Crippen molar-refractivity contribution in [2.45, 2.75) is 51.9 Å². The third-order valence-corrected chi connectivity index (χ3v) is 3.09. The number of nitrogens with zero attached hydrogens (tertiary/aromatic N) is 1. The number of hydrogen-bond acceptors (Lipinski definition) is 4. The number of carbonyl (C=O) groups excluding carboxylic acids is 1. The molecule has 2 N–H and O–H groups in total. The van der Waals surface area contributed by atoms with Crippen molar-refractivity contribution in [3.8, 4) is 0 Å². The minimum absolute atomic E-state index is 0.0229. The van der Waals surface area contributed by atoms with Gasteiger partial charge in [-0.2, -0.15) is 0 Å². The first-order valence-electron chi connectivity index (χ1n) is 6.93. The Morgan fingerprint density at radius 1 is 1.17 bits per heavy atom. The second-order valence-electron chi connectivity index (χ2n) is 5.08. The molecule has 108 valence electrons. The second-order valence-corrected chi connectivity index (χ2v) is 5.08. The van der Waals surface area contributed by atoms with Crippen LogP contribution in [0, 0.1) is 11.1 Å². The van der Waals surface area contributed by atoms with Crippen molar-refractivity contribution in [1.29, 1.82) is 0 Å². The van der Waals surface area contributed by atoms with Gasteiger partial charge in [-0.1, -0.05) is 32.6 Å². The lowest BCUT2D eigenvalue weighted by Crippen LogP contribution is -2.37. The zero-order chi connectivity index (χ0) is 13.8. The van der Waals surface area contributed by atoms with Gasteiger partial charge in [0.25, 0.3) is 0 Å². The van der Waals surface area contributed by atoms with Crippen molar-refractivity contribution >= 4 is 5.91 Å². The summed E-state index contributed by atoms with van der Waals surface area (Å²) in [4.78, 5) is 13.7. The molecule has 0 aliphatic carbocycles. The molecular formula is C13H28N3O2-. The van der Waals surface area contributed by atoms with Crippen LogP contribution >= 0.6 is 0 Å². The van der Waals surface area contributed by atoms with Gasteiger partial charge in [0, 0.05) is 5.92 Å². The molecule has 0 aromatic carbocycles. The Morgan fingerprint density at radius 2 is 1.83 bits per heavy atom. The first-order chi connectivity index (χ1) is 8.61. The molecule has 1 atom stereocenters. The molecule has 0 aliphatic heterocycles. The molecule has 0 aromatic rings. The Labute approximate surface area is 111 Å². The molecule has 0 rings (SSSR count). The zero-order valence-corrected chi connectivity index (χ0v) is 12.0. The van der Waals surface area contributed by atoms with E-state index in [0.717, 1.165) is 38.6 Å². The van der Waals surface area contributed by atoms with Crippen molar-refractivity contribution in [3.63, 3.8) is 0 Å². The third-order valence-electron chi connectivity index (χ3n) is 3.09. The van der Waals surface area contributed by atoms with E-state index in [2.05, 4.69) is 31.3 Å². The number of hydrazine groups is 1. The summed E-state index contributed by atoms with van der Waals surface area (Å²) in [5.41, 5.74) is 3.62. The first kappa shape index (κ1) is 17.4. The predicted octanol–water partition coefficient (Wildman–Crippen LogP) is 2.03. The van der Waals surface area contributed by atoms with Crippen molar-refractivity contribution in [1.82, 2.24) is 15.9 Å². The van der Waals surface area contributed by atoms with E-state index in [1.54, 1.807) is 0 Å². The maximum atomic E-state index is 11.6. The van der Waals surface area contributed by atoms with Gasteiger partial charge < -0.3 is 21.1 Å². The zero-order valence-electron chi connectivity index (χ0n) is 12.0. The lowest BCUT2D eigenvalue weighted by Gasteiger charge is -2.18. The van der Waals surface area contributed by atoms with Crippen molar-refractivity contribution in [3.05, 3.63) is 5.21 Å². The Hall–Kier alpha value is -0.650. The van der Waals surface area contributed by atoms with Crippen molar-refractivity contribution < 1.29 is 4.79 Å². The number of rotatable bonds is 11. The molecule has 0 aliphatic rings. The molecule has 0 spiro atoms. The molecule has 1 amide bonds. The van der Waals surface area contributed by atoms with Crippen LogP contribution in [0.15, 0.2) is 0 Å². The van der Waals surface area contributed by atoms with E-state index >= 15 is 0 Å². The van der Waals surface area contributed by atoms with E-state index in [1.165, 1.54) is 18.4 Å². The molecule has 1 unspecified atom stereocenters. The van der Waals surface area contributed by atoms with Gasteiger partial charge in [-0.25, -0.2) is 0 Å². The second kappa shape index (κ2) is 11.4. The average molecular weight is 258 g/mol. The van der Waals surface area contributed by atoms with Crippen LogP contribution in [-0.4, -0.2) is 31.4 Å². The number of hydrogen-bond donors (Lipinski definition) is 2. The summed E-state index contributed by atoms with van der Waals surface area (Å²) in [5, 5.41) is 10.1.